The topological polar surface area (TPSA) is 55.8 Å². The molecule has 0 spiro atoms. The van der Waals surface area contributed by atoms with Crippen LogP contribution in [0.4, 0.5) is 0 Å². The van der Waals surface area contributed by atoms with Crippen LogP contribution in [0.15, 0.2) is 54.6 Å². The minimum Gasteiger partial charge on any atom is -0.497 e. The number of methoxy groups -OCH3 is 1. The maximum Gasteiger partial charge on any atom is 0.255 e. The van der Waals surface area contributed by atoms with Gasteiger partial charge in [0.05, 0.1) is 13.7 Å². The van der Waals surface area contributed by atoms with Crippen molar-refractivity contribution >= 4 is 11.8 Å². The highest BCUT2D eigenvalue weighted by atomic mass is 16.5. The smallest absolute Gasteiger partial charge is 0.255 e. The number of hydrogen-bond donors (Lipinski definition) is 0. The molecule has 26 heavy (non-hydrogen) atoms. The van der Waals surface area contributed by atoms with Gasteiger partial charge in [-0.05, 0) is 36.1 Å². The van der Waals surface area contributed by atoms with Gasteiger partial charge >= 0.3 is 0 Å². The van der Waals surface area contributed by atoms with E-state index in [-0.39, 0.29) is 24.5 Å². The summed E-state index contributed by atoms with van der Waals surface area (Å²) in [7, 11) is 1.61. The zero-order valence-corrected chi connectivity index (χ0v) is 14.9. The van der Waals surface area contributed by atoms with Gasteiger partial charge in [0.1, 0.15) is 12.4 Å². The van der Waals surface area contributed by atoms with Crippen molar-refractivity contribution in [3.8, 4) is 5.75 Å². The summed E-state index contributed by atoms with van der Waals surface area (Å²) in [5.41, 5.74) is 2.08. The number of rotatable bonds is 7. The van der Waals surface area contributed by atoms with Gasteiger partial charge in [0.15, 0.2) is 0 Å². The molecule has 2 aromatic rings. The molecule has 0 bridgehead atoms. The van der Waals surface area contributed by atoms with Crippen LogP contribution in [0.25, 0.3) is 0 Å². The predicted molar refractivity (Wildman–Crippen MR) is 97.7 cm³/mol. The molecule has 1 atom stereocenters. The van der Waals surface area contributed by atoms with E-state index >= 15 is 0 Å². The Bertz CT molecular complexity index is 742. The molecular weight excluding hydrogens is 330 g/mol. The normalized spacial score (nSPS) is 16.7. The number of nitrogens with zero attached hydrogens (tertiary/aromatic N) is 1. The number of imide groups is 1. The van der Waals surface area contributed by atoms with Crippen molar-refractivity contribution in [1.29, 1.82) is 0 Å². The lowest BCUT2D eigenvalue weighted by atomic mass is 10.0. The number of carbonyl (C=O) groups is 2. The van der Waals surface area contributed by atoms with E-state index in [4.69, 9.17) is 9.47 Å². The molecule has 1 aliphatic rings. The average Bonchev–Trinajstić information content (AvgIpc) is 3.03. The van der Waals surface area contributed by atoms with Crippen molar-refractivity contribution in [3.05, 3.63) is 65.7 Å². The number of likely N-dealkylation sites (tertiary alicyclic amines) is 1. The third kappa shape index (κ3) is 4.49. The van der Waals surface area contributed by atoms with Crippen LogP contribution in [0.2, 0.25) is 0 Å². The second-order valence-corrected chi connectivity index (χ2v) is 6.38. The summed E-state index contributed by atoms with van der Waals surface area (Å²) in [4.78, 5) is 26.1. The quantitative estimate of drug-likeness (QED) is 0.768. The fraction of sp³-hybridized carbons (Fsp3) is 0.333. The molecule has 2 amide bonds. The van der Waals surface area contributed by atoms with Gasteiger partial charge in [-0.3, -0.25) is 14.5 Å². The van der Waals surface area contributed by atoms with Crippen LogP contribution < -0.4 is 4.74 Å². The molecule has 2 aromatic carbocycles. The third-order valence-electron chi connectivity index (χ3n) is 4.56. The largest absolute Gasteiger partial charge is 0.497 e. The molecule has 5 nitrogen and oxygen atoms in total. The SMILES string of the molecule is COc1ccc(COCC(=O)N2C(=O)CC[C@H]2Cc2ccccc2)cc1. The van der Waals surface area contributed by atoms with Crippen molar-refractivity contribution in [1.82, 2.24) is 4.90 Å². The standard InChI is InChI=1S/C21H23NO4/c1-25-19-10-7-17(8-11-19)14-26-15-21(24)22-18(9-12-20(22)23)13-16-5-3-2-4-6-16/h2-8,10-11,18H,9,12-15H2,1H3/t18-/m0/s1. The summed E-state index contributed by atoms with van der Waals surface area (Å²) in [5, 5.41) is 0. The molecule has 0 unspecified atom stereocenters. The lowest BCUT2D eigenvalue weighted by Crippen LogP contribution is -2.41. The molecule has 1 aliphatic heterocycles. The van der Waals surface area contributed by atoms with Crippen LogP contribution in [0.3, 0.4) is 0 Å². The molecule has 3 rings (SSSR count). The van der Waals surface area contributed by atoms with Gasteiger partial charge < -0.3 is 9.47 Å². The summed E-state index contributed by atoms with van der Waals surface area (Å²) in [6.07, 6.45) is 1.82. The molecule has 136 valence electrons. The van der Waals surface area contributed by atoms with E-state index in [1.807, 2.05) is 54.6 Å². The van der Waals surface area contributed by atoms with Gasteiger partial charge in [-0.15, -0.1) is 0 Å². The van der Waals surface area contributed by atoms with E-state index in [1.54, 1.807) is 7.11 Å². The number of hydrogen-bond acceptors (Lipinski definition) is 4. The maximum atomic E-state index is 12.5. The zero-order chi connectivity index (χ0) is 18.4. The van der Waals surface area contributed by atoms with Crippen LogP contribution >= 0.6 is 0 Å². The molecule has 0 aliphatic carbocycles. The lowest BCUT2D eigenvalue weighted by Gasteiger charge is -2.23. The van der Waals surface area contributed by atoms with E-state index in [9.17, 15) is 9.59 Å². The van der Waals surface area contributed by atoms with Gasteiger partial charge in [-0.25, -0.2) is 0 Å². The molecule has 1 saturated heterocycles. The Labute approximate surface area is 153 Å². The zero-order valence-electron chi connectivity index (χ0n) is 14.9. The lowest BCUT2D eigenvalue weighted by molar-refractivity contribution is -0.147. The Kier molecular flexibility index (Phi) is 6.02. The molecule has 0 N–H and O–H groups in total. The first-order chi connectivity index (χ1) is 12.7. The van der Waals surface area contributed by atoms with Crippen LogP contribution in [0.5, 0.6) is 5.75 Å². The first kappa shape index (κ1) is 18.1. The molecule has 1 fully saturated rings. The Morgan fingerprint density at radius 3 is 2.50 bits per heavy atom. The van der Waals surface area contributed by atoms with Crippen LogP contribution in [0.1, 0.15) is 24.0 Å². The van der Waals surface area contributed by atoms with E-state index in [1.165, 1.54) is 4.90 Å². The molecule has 0 radical (unpaired) electrons. The second-order valence-electron chi connectivity index (χ2n) is 6.38. The predicted octanol–water partition coefficient (Wildman–Crippen LogP) is 2.97. The monoisotopic (exact) mass is 353 g/mol. The van der Waals surface area contributed by atoms with Gasteiger partial charge in [0.2, 0.25) is 5.91 Å². The van der Waals surface area contributed by atoms with Crippen LogP contribution in [-0.2, 0) is 27.4 Å². The highest BCUT2D eigenvalue weighted by Gasteiger charge is 2.35. The van der Waals surface area contributed by atoms with E-state index in [0.717, 1.165) is 16.9 Å². The van der Waals surface area contributed by atoms with Gasteiger partial charge in [-0.1, -0.05) is 42.5 Å². The first-order valence-electron chi connectivity index (χ1n) is 8.77. The fourth-order valence-electron chi connectivity index (χ4n) is 3.21. The summed E-state index contributed by atoms with van der Waals surface area (Å²) >= 11 is 0. The van der Waals surface area contributed by atoms with Gasteiger partial charge in [0, 0.05) is 12.5 Å². The Morgan fingerprint density at radius 2 is 1.81 bits per heavy atom. The highest BCUT2D eigenvalue weighted by Crippen LogP contribution is 2.23. The third-order valence-corrected chi connectivity index (χ3v) is 4.56. The molecule has 1 heterocycles. The molecule has 5 heteroatoms. The molecule has 0 aromatic heterocycles. The minimum atomic E-state index is -0.262. The Hall–Kier alpha value is -2.66. The summed E-state index contributed by atoms with van der Waals surface area (Å²) < 4.78 is 10.6. The Balaban J connectivity index is 1.53. The fourth-order valence-corrected chi connectivity index (χ4v) is 3.21. The number of carbonyl (C=O) groups excluding carboxylic acids is 2. The van der Waals surface area contributed by atoms with Gasteiger partial charge in [-0.2, -0.15) is 0 Å². The molecular formula is C21H23NO4. The summed E-state index contributed by atoms with van der Waals surface area (Å²) in [6.45, 7) is 0.226. The van der Waals surface area contributed by atoms with E-state index in [0.29, 0.717) is 25.9 Å². The summed E-state index contributed by atoms with van der Waals surface area (Å²) in [5.74, 6) is 0.405. The van der Waals surface area contributed by atoms with Crippen molar-refractivity contribution in [2.75, 3.05) is 13.7 Å². The maximum absolute atomic E-state index is 12.5. The van der Waals surface area contributed by atoms with E-state index in [2.05, 4.69) is 0 Å². The number of amides is 2. The van der Waals surface area contributed by atoms with E-state index < -0.39 is 0 Å². The average molecular weight is 353 g/mol. The van der Waals surface area contributed by atoms with Crippen molar-refractivity contribution < 1.29 is 19.1 Å². The summed E-state index contributed by atoms with van der Waals surface area (Å²) in [6, 6.07) is 17.3. The van der Waals surface area contributed by atoms with Crippen LogP contribution in [0, 0.1) is 0 Å². The van der Waals surface area contributed by atoms with Gasteiger partial charge in [0.25, 0.3) is 5.91 Å². The van der Waals surface area contributed by atoms with Crippen molar-refractivity contribution in [3.63, 3.8) is 0 Å². The number of ether oxygens (including phenoxy) is 2. The second kappa shape index (κ2) is 8.63. The number of benzene rings is 2. The van der Waals surface area contributed by atoms with Crippen molar-refractivity contribution in [2.45, 2.75) is 31.9 Å². The molecule has 0 saturated carbocycles. The highest BCUT2D eigenvalue weighted by molar-refractivity contribution is 5.97. The van der Waals surface area contributed by atoms with Crippen molar-refractivity contribution in [2.24, 2.45) is 0 Å². The first-order valence-corrected chi connectivity index (χ1v) is 8.77. The Morgan fingerprint density at radius 1 is 1.08 bits per heavy atom. The minimum absolute atomic E-state index is 0.0815. The van der Waals surface area contributed by atoms with Crippen LogP contribution in [-0.4, -0.2) is 36.5 Å².